The molecule has 9 nitrogen and oxygen atoms in total. The standard InChI is InChI=1S/C28H25ClF2N4O5/c29-18-2-1-17(21(31)9-18)15-39-26-11-19(30)10-22(32-26)16-3-6-34(7-4-16)14-25-33-27-23(12-24(40-27)28(36)37)35(25)13-20-5-8-38-20/h1-3,9-12,20H,4-8,13-15H2,(H,36,37)/t20-/m0/s1. The Hall–Kier alpha value is -3.80. The van der Waals surface area contributed by atoms with Crippen molar-refractivity contribution in [2.45, 2.75) is 38.6 Å². The minimum atomic E-state index is -1.14. The number of aromatic nitrogens is 3. The molecule has 1 atom stereocenters. The first-order valence-corrected chi connectivity index (χ1v) is 13.2. The molecule has 5 heterocycles. The molecule has 40 heavy (non-hydrogen) atoms. The van der Waals surface area contributed by atoms with E-state index in [-0.39, 0.29) is 40.7 Å². The summed E-state index contributed by atoms with van der Waals surface area (Å²) in [6.45, 7) is 2.93. The number of fused-ring (bicyclic) bond motifs is 1. The number of carboxylic acid groups (broad SMARTS) is 1. The van der Waals surface area contributed by atoms with E-state index in [4.69, 9.17) is 25.5 Å². The summed E-state index contributed by atoms with van der Waals surface area (Å²) in [5.41, 5.74) is 2.55. The van der Waals surface area contributed by atoms with Gasteiger partial charge >= 0.3 is 5.97 Å². The zero-order chi connectivity index (χ0) is 27.8. The van der Waals surface area contributed by atoms with Crippen molar-refractivity contribution >= 4 is 34.4 Å². The lowest BCUT2D eigenvalue weighted by Crippen LogP contribution is -2.33. The molecule has 208 valence electrons. The maximum absolute atomic E-state index is 14.4. The SMILES string of the molecule is O=C(O)c1cc2c(nc(CN3CC=C(c4cc(F)cc(OCc5ccc(Cl)cc5F)n4)CC3)n2C[C@@H]2CCO2)o1. The first kappa shape index (κ1) is 26.4. The van der Waals surface area contributed by atoms with Crippen LogP contribution in [0.2, 0.25) is 5.02 Å². The summed E-state index contributed by atoms with van der Waals surface area (Å²) in [6, 6.07) is 8.30. The minimum absolute atomic E-state index is 0.0545. The fourth-order valence-electron chi connectivity index (χ4n) is 4.81. The van der Waals surface area contributed by atoms with Gasteiger partial charge in [0.15, 0.2) is 0 Å². The van der Waals surface area contributed by atoms with Gasteiger partial charge in [-0.3, -0.25) is 4.90 Å². The number of aromatic carboxylic acids is 1. The van der Waals surface area contributed by atoms with Crippen molar-refractivity contribution in [1.29, 1.82) is 0 Å². The van der Waals surface area contributed by atoms with Gasteiger partial charge in [0.1, 0.15) is 29.6 Å². The number of rotatable bonds is 9. The molecule has 0 bridgehead atoms. The van der Waals surface area contributed by atoms with Crippen molar-refractivity contribution in [3.05, 3.63) is 82.0 Å². The number of benzene rings is 1. The molecule has 4 aromatic rings. The van der Waals surface area contributed by atoms with Crippen LogP contribution in [0.25, 0.3) is 16.8 Å². The summed E-state index contributed by atoms with van der Waals surface area (Å²) >= 11 is 5.80. The zero-order valence-corrected chi connectivity index (χ0v) is 22.0. The van der Waals surface area contributed by atoms with Crippen LogP contribution >= 0.6 is 11.6 Å². The summed E-state index contributed by atoms with van der Waals surface area (Å²) in [5, 5.41) is 9.58. The maximum atomic E-state index is 14.4. The normalized spacial score (nSPS) is 17.6. The summed E-state index contributed by atoms with van der Waals surface area (Å²) < 4.78 is 47.1. The number of hydrogen-bond donors (Lipinski definition) is 1. The number of imidazole rings is 1. The predicted octanol–water partition coefficient (Wildman–Crippen LogP) is 5.31. The van der Waals surface area contributed by atoms with E-state index in [0.29, 0.717) is 50.4 Å². The molecular weight excluding hydrogens is 546 g/mol. The van der Waals surface area contributed by atoms with Crippen LogP contribution in [0.5, 0.6) is 5.88 Å². The van der Waals surface area contributed by atoms with Crippen LogP contribution in [0.3, 0.4) is 0 Å². The summed E-state index contributed by atoms with van der Waals surface area (Å²) in [4.78, 5) is 22.6. The monoisotopic (exact) mass is 570 g/mol. The van der Waals surface area contributed by atoms with Crippen LogP contribution in [-0.4, -0.2) is 56.3 Å². The highest BCUT2D eigenvalue weighted by Crippen LogP contribution is 2.28. The van der Waals surface area contributed by atoms with Crippen molar-refractivity contribution in [3.63, 3.8) is 0 Å². The third-order valence-corrected chi connectivity index (χ3v) is 7.30. The number of nitrogens with zero attached hydrogens (tertiary/aromatic N) is 4. The fourth-order valence-corrected chi connectivity index (χ4v) is 4.97. The predicted molar refractivity (Wildman–Crippen MR) is 141 cm³/mol. The molecule has 12 heteroatoms. The van der Waals surface area contributed by atoms with E-state index in [1.54, 1.807) is 6.07 Å². The molecule has 1 fully saturated rings. The molecule has 2 aliphatic heterocycles. The second-order valence-electron chi connectivity index (χ2n) is 9.77. The van der Waals surface area contributed by atoms with Gasteiger partial charge < -0.3 is 23.6 Å². The molecule has 2 aliphatic rings. The molecule has 0 aliphatic carbocycles. The van der Waals surface area contributed by atoms with Gasteiger partial charge in [-0.2, -0.15) is 4.98 Å². The van der Waals surface area contributed by atoms with Crippen LogP contribution in [0, 0.1) is 11.6 Å². The summed E-state index contributed by atoms with van der Waals surface area (Å²) in [5.74, 6) is -1.47. The fraction of sp³-hybridized carbons (Fsp3) is 0.321. The summed E-state index contributed by atoms with van der Waals surface area (Å²) in [6.07, 6.45) is 3.59. The quantitative estimate of drug-likeness (QED) is 0.289. The van der Waals surface area contributed by atoms with E-state index in [1.165, 1.54) is 30.3 Å². The number of halogens is 3. The largest absolute Gasteiger partial charge is 0.475 e. The number of furan rings is 1. The van der Waals surface area contributed by atoms with Crippen LogP contribution < -0.4 is 4.74 Å². The molecule has 1 saturated heterocycles. The van der Waals surface area contributed by atoms with E-state index in [2.05, 4.69) is 14.9 Å². The Balaban J connectivity index is 1.15. The smallest absolute Gasteiger partial charge is 0.371 e. The number of carboxylic acids is 1. The van der Waals surface area contributed by atoms with E-state index in [0.717, 1.165) is 17.8 Å². The van der Waals surface area contributed by atoms with E-state index in [9.17, 15) is 18.7 Å². The lowest BCUT2D eigenvalue weighted by Gasteiger charge is -2.29. The Labute approximate surface area is 232 Å². The Morgan fingerprint density at radius 2 is 2.05 bits per heavy atom. The zero-order valence-electron chi connectivity index (χ0n) is 21.3. The third kappa shape index (κ3) is 5.58. The van der Waals surface area contributed by atoms with Gasteiger partial charge in [-0.05, 0) is 30.5 Å². The van der Waals surface area contributed by atoms with Gasteiger partial charge in [0, 0.05) is 48.5 Å². The average Bonchev–Trinajstić information content (AvgIpc) is 3.44. The molecule has 0 saturated carbocycles. The highest BCUT2D eigenvalue weighted by Gasteiger charge is 2.26. The molecule has 0 amide bonds. The average molecular weight is 571 g/mol. The molecule has 0 unspecified atom stereocenters. The highest BCUT2D eigenvalue weighted by molar-refractivity contribution is 6.30. The van der Waals surface area contributed by atoms with Crippen LogP contribution in [0.4, 0.5) is 8.78 Å². The lowest BCUT2D eigenvalue weighted by atomic mass is 10.0. The van der Waals surface area contributed by atoms with E-state index < -0.39 is 17.6 Å². The number of carbonyl (C=O) groups is 1. The second-order valence-corrected chi connectivity index (χ2v) is 10.2. The number of pyridine rings is 1. The van der Waals surface area contributed by atoms with Crippen LogP contribution in [0.1, 0.15) is 40.5 Å². The number of hydrogen-bond acceptors (Lipinski definition) is 7. The van der Waals surface area contributed by atoms with Gasteiger partial charge in [0.25, 0.3) is 0 Å². The minimum Gasteiger partial charge on any atom is -0.475 e. The molecule has 0 spiro atoms. The lowest BCUT2D eigenvalue weighted by molar-refractivity contribution is -0.0591. The molecule has 6 rings (SSSR count). The Bertz CT molecular complexity index is 1610. The van der Waals surface area contributed by atoms with Crippen molar-refractivity contribution in [3.8, 4) is 5.88 Å². The van der Waals surface area contributed by atoms with Crippen molar-refractivity contribution < 1.29 is 32.6 Å². The molecular formula is C28H25ClF2N4O5. The molecule has 1 N–H and O–H groups in total. The number of ether oxygens (including phenoxy) is 2. The van der Waals surface area contributed by atoms with Crippen molar-refractivity contribution in [2.24, 2.45) is 0 Å². The van der Waals surface area contributed by atoms with Crippen molar-refractivity contribution in [1.82, 2.24) is 19.4 Å². The molecule has 0 radical (unpaired) electrons. The Morgan fingerprint density at radius 1 is 1.20 bits per heavy atom. The molecule has 1 aromatic carbocycles. The van der Waals surface area contributed by atoms with E-state index >= 15 is 0 Å². The first-order chi connectivity index (χ1) is 19.3. The van der Waals surface area contributed by atoms with E-state index in [1.807, 2.05) is 10.6 Å². The second kappa shape index (κ2) is 11.0. The molecule has 3 aromatic heterocycles. The first-order valence-electron chi connectivity index (χ1n) is 12.8. The maximum Gasteiger partial charge on any atom is 0.371 e. The Morgan fingerprint density at radius 3 is 2.75 bits per heavy atom. The summed E-state index contributed by atoms with van der Waals surface area (Å²) in [7, 11) is 0. The van der Waals surface area contributed by atoms with Gasteiger partial charge in [-0.25, -0.2) is 18.6 Å². The Kier molecular flexibility index (Phi) is 7.26. The van der Waals surface area contributed by atoms with Crippen molar-refractivity contribution in [2.75, 3.05) is 19.7 Å². The third-order valence-electron chi connectivity index (χ3n) is 7.06. The highest BCUT2D eigenvalue weighted by atomic mass is 35.5. The van der Waals surface area contributed by atoms with Gasteiger partial charge in [-0.15, -0.1) is 0 Å². The van der Waals surface area contributed by atoms with Crippen LogP contribution in [-0.2, 0) is 24.4 Å². The topological polar surface area (TPSA) is 103 Å². The van der Waals surface area contributed by atoms with Gasteiger partial charge in [0.2, 0.25) is 17.4 Å². The van der Waals surface area contributed by atoms with Crippen LogP contribution in [0.15, 0.2) is 46.9 Å². The van der Waals surface area contributed by atoms with Gasteiger partial charge in [0.05, 0.1) is 24.9 Å². The van der Waals surface area contributed by atoms with Gasteiger partial charge in [-0.1, -0.05) is 23.7 Å².